The van der Waals surface area contributed by atoms with Crippen LogP contribution in [0.1, 0.15) is 26.7 Å². The van der Waals surface area contributed by atoms with E-state index in [0.717, 1.165) is 23.9 Å². The van der Waals surface area contributed by atoms with Gasteiger partial charge in [-0.25, -0.2) is 4.79 Å². The normalized spacial score (nSPS) is 19.4. The molecular formula is C14H23NO4S2. The van der Waals surface area contributed by atoms with Crippen LogP contribution in [0.15, 0.2) is 0 Å². The molecule has 1 aliphatic heterocycles. The smallest absolute Gasteiger partial charge is 0.328 e. The Morgan fingerprint density at radius 1 is 1.38 bits per heavy atom. The molecule has 5 nitrogen and oxygen atoms in total. The highest BCUT2D eigenvalue weighted by Gasteiger charge is 2.36. The molecular weight excluding hydrogens is 310 g/mol. The Morgan fingerprint density at radius 3 is 2.71 bits per heavy atom. The minimum absolute atomic E-state index is 0.00379. The number of thioether (sulfide) groups is 2. The number of esters is 1. The number of carbonyl (C=O) groups excluding carboxylic acids is 3. The van der Waals surface area contributed by atoms with Gasteiger partial charge in [0.25, 0.3) is 0 Å². The van der Waals surface area contributed by atoms with Crippen LogP contribution in [0.2, 0.25) is 0 Å². The van der Waals surface area contributed by atoms with Gasteiger partial charge in [-0.3, -0.25) is 9.59 Å². The van der Waals surface area contributed by atoms with E-state index in [1.54, 1.807) is 23.6 Å². The first-order valence-electron chi connectivity index (χ1n) is 7.06. The van der Waals surface area contributed by atoms with Crippen LogP contribution in [-0.2, 0) is 19.1 Å². The molecule has 2 atom stereocenters. The first-order valence-corrected chi connectivity index (χ1v) is 9.44. The summed E-state index contributed by atoms with van der Waals surface area (Å²) in [5.41, 5.74) is 0. The Bertz CT molecular complexity index is 389. The number of carbonyl (C=O) groups is 3. The maximum absolute atomic E-state index is 12.4. The van der Waals surface area contributed by atoms with Gasteiger partial charge in [0.15, 0.2) is 5.12 Å². The lowest BCUT2D eigenvalue weighted by molar-refractivity contribution is -0.153. The molecule has 0 aromatic rings. The highest BCUT2D eigenvalue weighted by Crippen LogP contribution is 2.22. The lowest BCUT2D eigenvalue weighted by atomic mass is 10.1. The second-order valence-electron chi connectivity index (χ2n) is 5.05. The molecule has 1 fully saturated rings. The third-order valence-electron chi connectivity index (χ3n) is 3.30. The second kappa shape index (κ2) is 9.35. The first-order chi connectivity index (χ1) is 9.97. The summed E-state index contributed by atoms with van der Waals surface area (Å²) in [4.78, 5) is 37.0. The zero-order chi connectivity index (χ0) is 15.8. The van der Waals surface area contributed by atoms with E-state index in [0.29, 0.717) is 25.3 Å². The minimum Gasteiger partial charge on any atom is -0.463 e. The maximum Gasteiger partial charge on any atom is 0.328 e. The SMILES string of the molecule is CSCCOC(=O)C1CCCN1C(=O)C(C)CSC(C)=O. The Hall–Kier alpha value is -0.690. The van der Waals surface area contributed by atoms with Crippen LogP contribution in [0.5, 0.6) is 0 Å². The summed E-state index contributed by atoms with van der Waals surface area (Å²) < 4.78 is 5.21. The minimum atomic E-state index is -0.455. The Labute approximate surface area is 134 Å². The third kappa shape index (κ3) is 5.90. The molecule has 0 aromatic carbocycles. The molecule has 1 heterocycles. The number of amides is 1. The van der Waals surface area contributed by atoms with Crippen molar-refractivity contribution < 1.29 is 19.1 Å². The van der Waals surface area contributed by atoms with E-state index < -0.39 is 6.04 Å². The molecule has 0 bridgehead atoms. The van der Waals surface area contributed by atoms with Gasteiger partial charge < -0.3 is 9.64 Å². The van der Waals surface area contributed by atoms with E-state index in [-0.39, 0.29) is 22.9 Å². The maximum atomic E-state index is 12.4. The fourth-order valence-electron chi connectivity index (χ4n) is 2.19. The molecule has 0 aliphatic carbocycles. The van der Waals surface area contributed by atoms with Crippen LogP contribution in [0.3, 0.4) is 0 Å². The fraction of sp³-hybridized carbons (Fsp3) is 0.786. The van der Waals surface area contributed by atoms with Crippen LogP contribution in [0, 0.1) is 5.92 Å². The van der Waals surface area contributed by atoms with Crippen LogP contribution in [0.4, 0.5) is 0 Å². The van der Waals surface area contributed by atoms with E-state index in [4.69, 9.17) is 4.74 Å². The summed E-state index contributed by atoms with van der Waals surface area (Å²) in [7, 11) is 0. The highest BCUT2D eigenvalue weighted by atomic mass is 32.2. The van der Waals surface area contributed by atoms with Crippen molar-refractivity contribution in [2.75, 3.05) is 30.9 Å². The lowest BCUT2D eigenvalue weighted by Gasteiger charge is -2.26. The standard InChI is InChI=1S/C14H23NO4S2/c1-10(9-21-11(2)16)13(17)15-6-4-5-12(15)14(18)19-7-8-20-3/h10,12H,4-9H2,1-3H3. The molecule has 1 aliphatic rings. The van der Waals surface area contributed by atoms with Crippen molar-refractivity contribution in [3.8, 4) is 0 Å². The van der Waals surface area contributed by atoms with Gasteiger partial charge in [-0.15, -0.1) is 0 Å². The van der Waals surface area contributed by atoms with E-state index in [1.807, 2.05) is 6.26 Å². The lowest BCUT2D eigenvalue weighted by Crippen LogP contribution is -2.44. The van der Waals surface area contributed by atoms with Crippen LogP contribution in [0.25, 0.3) is 0 Å². The van der Waals surface area contributed by atoms with Gasteiger partial charge in [-0.05, 0) is 19.1 Å². The molecule has 2 unspecified atom stereocenters. The summed E-state index contributed by atoms with van der Waals surface area (Å²) in [6.45, 7) is 4.26. The van der Waals surface area contributed by atoms with Gasteiger partial charge in [-0.2, -0.15) is 11.8 Å². The van der Waals surface area contributed by atoms with Gasteiger partial charge in [0.05, 0.1) is 0 Å². The van der Waals surface area contributed by atoms with Gasteiger partial charge >= 0.3 is 5.97 Å². The molecule has 1 amide bonds. The number of ether oxygens (including phenoxy) is 1. The van der Waals surface area contributed by atoms with Crippen LogP contribution in [-0.4, -0.2) is 58.8 Å². The molecule has 0 aromatic heterocycles. The van der Waals surface area contributed by atoms with Crippen molar-refractivity contribution in [3.05, 3.63) is 0 Å². The summed E-state index contributed by atoms with van der Waals surface area (Å²) in [6, 6.07) is -0.455. The second-order valence-corrected chi connectivity index (χ2v) is 7.24. The number of rotatable bonds is 7. The first kappa shape index (κ1) is 18.4. The van der Waals surface area contributed by atoms with E-state index in [2.05, 4.69) is 0 Å². The molecule has 1 rings (SSSR count). The fourth-order valence-corrected chi connectivity index (χ4v) is 3.07. The van der Waals surface area contributed by atoms with Crippen LogP contribution < -0.4 is 0 Å². The van der Waals surface area contributed by atoms with Crippen LogP contribution >= 0.6 is 23.5 Å². The summed E-state index contributed by atoms with van der Waals surface area (Å²) >= 11 is 2.76. The highest BCUT2D eigenvalue weighted by molar-refractivity contribution is 8.13. The predicted octanol–water partition coefficient (Wildman–Crippen LogP) is 1.80. The molecule has 0 spiro atoms. The molecule has 21 heavy (non-hydrogen) atoms. The topological polar surface area (TPSA) is 63.7 Å². The third-order valence-corrected chi connectivity index (χ3v) is 4.95. The predicted molar refractivity (Wildman–Crippen MR) is 86.4 cm³/mol. The molecule has 1 saturated heterocycles. The largest absolute Gasteiger partial charge is 0.463 e. The summed E-state index contributed by atoms with van der Waals surface area (Å²) in [6.07, 6.45) is 3.44. The van der Waals surface area contributed by atoms with E-state index in [9.17, 15) is 14.4 Å². The summed E-state index contributed by atoms with van der Waals surface area (Å²) in [5.74, 6) is 0.588. The Morgan fingerprint density at radius 2 is 2.10 bits per heavy atom. The quantitative estimate of drug-likeness (QED) is 0.523. The average Bonchev–Trinajstić information content (AvgIpc) is 2.93. The Balaban J connectivity index is 2.53. The van der Waals surface area contributed by atoms with Crippen molar-refractivity contribution in [1.82, 2.24) is 4.90 Å². The monoisotopic (exact) mass is 333 g/mol. The molecule has 120 valence electrons. The van der Waals surface area contributed by atoms with Crippen molar-refractivity contribution in [2.24, 2.45) is 5.92 Å². The van der Waals surface area contributed by atoms with Crippen molar-refractivity contribution in [3.63, 3.8) is 0 Å². The zero-order valence-electron chi connectivity index (χ0n) is 12.8. The summed E-state index contributed by atoms with van der Waals surface area (Å²) in [5, 5.41) is 0.00379. The van der Waals surface area contributed by atoms with E-state index >= 15 is 0 Å². The Kier molecular flexibility index (Phi) is 8.18. The molecule has 0 radical (unpaired) electrons. The molecule has 0 N–H and O–H groups in total. The van der Waals surface area contributed by atoms with Gasteiger partial charge in [0.1, 0.15) is 12.6 Å². The van der Waals surface area contributed by atoms with Crippen molar-refractivity contribution in [2.45, 2.75) is 32.7 Å². The molecule has 0 saturated carbocycles. The van der Waals surface area contributed by atoms with Gasteiger partial charge in [0.2, 0.25) is 5.91 Å². The van der Waals surface area contributed by atoms with Gasteiger partial charge in [0, 0.05) is 30.9 Å². The number of likely N-dealkylation sites (tertiary alicyclic amines) is 1. The molecule has 7 heteroatoms. The number of hydrogen-bond acceptors (Lipinski definition) is 6. The van der Waals surface area contributed by atoms with Gasteiger partial charge in [-0.1, -0.05) is 18.7 Å². The number of nitrogens with zero attached hydrogens (tertiary/aromatic N) is 1. The zero-order valence-corrected chi connectivity index (χ0v) is 14.4. The van der Waals surface area contributed by atoms with Crippen molar-refractivity contribution in [1.29, 1.82) is 0 Å². The number of hydrogen-bond donors (Lipinski definition) is 0. The average molecular weight is 333 g/mol. The van der Waals surface area contributed by atoms with Crippen molar-refractivity contribution >= 4 is 40.5 Å². The van der Waals surface area contributed by atoms with E-state index in [1.165, 1.54) is 6.92 Å².